The van der Waals surface area contributed by atoms with Gasteiger partial charge in [0.05, 0.1) is 21.3 Å². The molecule has 1 aromatic carbocycles. The Kier molecular flexibility index (Phi) is 17.5. The highest BCUT2D eigenvalue weighted by atomic mass is 16.5. The molecule has 0 aliphatic carbocycles. The minimum absolute atomic E-state index is 0.0657. The number of unbranched alkanes of at least 4 members (excludes halogenated alkanes) is 8. The van der Waals surface area contributed by atoms with Crippen molar-refractivity contribution >= 4 is 18.0 Å². The van der Waals surface area contributed by atoms with Gasteiger partial charge in [-0.15, -0.1) is 0 Å². The summed E-state index contributed by atoms with van der Waals surface area (Å²) in [6.45, 7) is 2.19. The smallest absolute Gasteiger partial charge is 0.305 e. The third-order valence-electron chi connectivity index (χ3n) is 6.25. The molecule has 1 unspecified atom stereocenters. The maximum atomic E-state index is 12.7. The van der Waals surface area contributed by atoms with Crippen molar-refractivity contribution in [2.75, 3.05) is 21.3 Å². The Balaban J connectivity index is 2.53. The monoisotopic (exact) mass is 517 g/mol. The van der Waals surface area contributed by atoms with E-state index in [1.807, 2.05) is 0 Å². The Morgan fingerprint density at radius 3 is 2.22 bits per heavy atom. The third-order valence-corrected chi connectivity index (χ3v) is 6.25. The highest BCUT2D eigenvalue weighted by Gasteiger charge is 2.12. The highest BCUT2D eigenvalue weighted by molar-refractivity contribution is 5.92. The van der Waals surface area contributed by atoms with Crippen molar-refractivity contribution in [3.8, 4) is 17.2 Å². The first-order valence-corrected chi connectivity index (χ1v) is 13.6. The van der Waals surface area contributed by atoms with E-state index in [4.69, 9.17) is 9.47 Å². The van der Waals surface area contributed by atoms with Crippen molar-refractivity contribution in [3.63, 3.8) is 0 Å². The first-order valence-electron chi connectivity index (χ1n) is 13.6. The van der Waals surface area contributed by atoms with Gasteiger partial charge in [-0.1, -0.05) is 64.0 Å². The summed E-state index contributed by atoms with van der Waals surface area (Å²) in [5.41, 5.74) is 0.700. The van der Waals surface area contributed by atoms with Crippen LogP contribution in [-0.4, -0.2) is 44.4 Å². The molecule has 208 valence electrons. The van der Waals surface area contributed by atoms with E-state index in [1.165, 1.54) is 46.7 Å². The van der Waals surface area contributed by atoms with Crippen molar-refractivity contribution in [3.05, 3.63) is 35.9 Å². The third kappa shape index (κ3) is 14.4. The van der Waals surface area contributed by atoms with E-state index in [9.17, 15) is 14.7 Å². The van der Waals surface area contributed by atoms with Gasteiger partial charge < -0.3 is 24.6 Å². The molecule has 0 aliphatic heterocycles. The number of amides is 1. The maximum Gasteiger partial charge on any atom is 0.305 e. The minimum atomic E-state index is -0.146. The van der Waals surface area contributed by atoms with Crippen LogP contribution in [0.4, 0.5) is 0 Å². The minimum Gasteiger partial charge on any atom is -0.502 e. The molecule has 1 aromatic rings. The Hall–Kier alpha value is -2.96. The Morgan fingerprint density at radius 1 is 0.919 bits per heavy atom. The standard InChI is InChI=1S/C30H47NO6/c1-5-6-7-14-17-25(18-15-12-10-8-9-11-13-16-19-29(33)37-4)31-28(32)21-20-24-22-26(35-2)30(34)27(23-24)36-3/h12,15,20-23,25,34H,5-11,13-14,16-19H2,1-4H3,(H,31,32)/b15-12-,21-20+. The molecule has 0 saturated carbocycles. The van der Waals surface area contributed by atoms with E-state index in [-0.39, 0.29) is 23.7 Å². The van der Waals surface area contributed by atoms with E-state index in [0.29, 0.717) is 23.5 Å². The number of hydrogen-bond donors (Lipinski definition) is 2. The molecule has 0 fully saturated rings. The van der Waals surface area contributed by atoms with Crippen LogP contribution in [0.2, 0.25) is 0 Å². The molecule has 2 N–H and O–H groups in total. The molecule has 37 heavy (non-hydrogen) atoms. The number of phenols is 1. The van der Waals surface area contributed by atoms with Gasteiger partial charge in [-0.05, 0) is 55.9 Å². The van der Waals surface area contributed by atoms with Gasteiger partial charge in [-0.25, -0.2) is 0 Å². The van der Waals surface area contributed by atoms with Gasteiger partial charge in [0.25, 0.3) is 0 Å². The molecule has 1 amide bonds. The predicted octanol–water partition coefficient (Wildman–Crippen LogP) is 6.73. The molecular weight excluding hydrogens is 470 g/mol. The fourth-order valence-corrected chi connectivity index (χ4v) is 4.04. The maximum absolute atomic E-state index is 12.7. The first kappa shape index (κ1) is 32.1. The van der Waals surface area contributed by atoms with E-state index in [1.54, 1.807) is 18.2 Å². The Morgan fingerprint density at radius 2 is 1.57 bits per heavy atom. The van der Waals surface area contributed by atoms with Crippen molar-refractivity contribution in [2.45, 2.75) is 96.4 Å². The number of hydrogen-bond acceptors (Lipinski definition) is 6. The summed E-state index contributed by atoms with van der Waals surface area (Å²) in [5.74, 6) is 0.241. The lowest BCUT2D eigenvalue weighted by molar-refractivity contribution is -0.140. The summed E-state index contributed by atoms with van der Waals surface area (Å²) in [6, 6.07) is 3.41. The summed E-state index contributed by atoms with van der Waals surface area (Å²) in [6.07, 6.45) is 20.9. The largest absolute Gasteiger partial charge is 0.502 e. The predicted molar refractivity (Wildman–Crippen MR) is 149 cm³/mol. The van der Waals surface area contributed by atoms with Crippen molar-refractivity contribution in [1.29, 1.82) is 0 Å². The van der Waals surface area contributed by atoms with E-state index < -0.39 is 0 Å². The van der Waals surface area contributed by atoms with Gasteiger partial charge >= 0.3 is 5.97 Å². The second kappa shape index (κ2) is 20.1. The molecule has 0 radical (unpaired) electrons. The molecule has 0 bridgehead atoms. The number of rotatable bonds is 20. The highest BCUT2D eigenvalue weighted by Crippen LogP contribution is 2.37. The number of carbonyl (C=O) groups excluding carboxylic acids is 2. The Bertz CT molecular complexity index is 823. The lowest BCUT2D eigenvalue weighted by atomic mass is 10.0. The average Bonchev–Trinajstić information content (AvgIpc) is 2.90. The average molecular weight is 518 g/mol. The van der Waals surface area contributed by atoms with Crippen LogP contribution >= 0.6 is 0 Å². The molecule has 0 aliphatic rings. The molecule has 0 saturated heterocycles. The van der Waals surface area contributed by atoms with Crippen LogP contribution in [0.25, 0.3) is 6.08 Å². The first-order chi connectivity index (χ1) is 17.9. The number of allylic oxidation sites excluding steroid dienone is 1. The fraction of sp³-hybridized carbons (Fsp3) is 0.600. The number of benzene rings is 1. The van der Waals surface area contributed by atoms with E-state index in [2.05, 4.69) is 29.1 Å². The normalized spacial score (nSPS) is 12.1. The Labute approximate surface area is 223 Å². The number of esters is 1. The number of methoxy groups -OCH3 is 3. The number of nitrogens with one attached hydrogen (secondary N) is 1. The van der Waals surface area contributed by atoms with E-state index >= 15 is 0 Å². The summed E-state index contributed by atoms with van der Waals surface area (Å²) in [7, 11) is 4.37. The molecule has 0 spiro atoms. The van der Waals surface area contributed by atoms with Crippen LogP contribution < -0.4 is 14.8 Å². The van der Waals surface area contributed by atoms with Crippen molar-refractivity contribution in [2.24, 2.45) is 0 Å². The summed E-state index contributed by atoms with van der Waals surface area (Å²) in [4.78, 5) is 23.8. The van der Waals surface area contributed by atoms with Crippen LogP contribution in [0.3, 0.4) is 0 Å². The molecular formula is C30H47NO6. The molecule has 1 atom stereocenters. The molecule has 1 rings (SSSR count). The van der Waals surface area contributed by atoms with Crippen LogP contribution in [0, 0.1) is 0 Å². The SMILES string of the molecule is CCCCCCC(C/C=C\CCCCCCCC(=O)OC)NC(=O)/C=C/c1cc(OC)c(O)c(OC)c1. The molecule has 7 heteroatoms. The van der Waals surface area contributed by atoms with Gasteiger partial charge in [-0.3, -0.25) is 9.59 Å². The van der Waals surface area contributed by atoms with Crippen LogP contribution in [0.15, 0.2) is 30.4 Å². The topological polar surface area (TPSA) is 94.1 Å². The fourth-order valence-electron chi connectivity index (χ4n) is 4.04. The lowest BCUT2D eigenvalue weighted by Gasteiger charge is -2.16. The molecule has 7 nitrogen and oxygen atoms in total. The van der Waals surface area contributed by atoms with Crippen LogP contribution in [0.1, 0.15) is 96.0 Å². The zero-order valence-electron chi connectivity index (χ0n) is 23.2. The summed E-state index contributed by atoms with van der Waals surface area (Å²) < 4.78 is 15.0. The second-order valence-electron chi connectivity index (χ2n) is 9.25. The van der Waals surface area contributed by atoms with Crippen molar-refractivity contribution in [1.82, 2.24) is 5.32 Å². The zero-order valence-corrected chi connectivity index (χ0v) is 23.2. The number of carbonyl (C=O) groups is 2. The second-order valence-corrected chi connectivity index (χ2v) is 9.25. The van der Waals surface area contributed by atoms with Gasteiger partial charge in [0.2, 0.25) is 11.7 Å². The summed E-state index contributed by atoms with van der Waals surface area (Å²) >= 11 is 0. The van der Waals surface area contributed by atoms with Gasteiger partial charge in [-0.2, -0.15) is 0 Å². The quantitative estimate of drug-likeness (QED) is 0.0862. The van der Waals surface area contributed by atoms with Crippen molar-refractivity contribution < 1.29 is 28.9 Å². The zero-order chi connectivity index (χ0) is 27.3. The van der Waals surface area contributed by atoms with Gasteiger partial charge in [0.1, 0.15) is 0 Å². The summed E-state index contributed by atoms with van der Waals surface area (Å²) in [5, 5.41) is 13.2. The number of ether oxygens (including phenoxy) is 3. The van der Waals surface area contributed by atoms with E-state index in [0.717, 1.165) is 57.8 Å². The van der Waals surface area contributed by atoms with Gasteiger partial charge in [0.15, 0.2) is 11.5 Å². The number of aromatic hydroxyl groups is 1. The number of phenolic OH excluding ortho intramolecular Hbond substituents is 1. The molecule has 0 heterocycles. The van der Waals surface area contributed by atoms with Crippen LogP contribution in [0.5, 0.6) is 17.2 Å². The molecule has 0 aromatic heterocycles. The van der Waals surface area contributed by atoms with Gasteiger partial charge in [0, 0.05) is 18.5 Å². The lowest BCUT2D eigenvalue weighted by Crippen LogP contribution is -2.33. The van der Waals surface area contributed by atoms with Crippen LogP contribution in [-0.2, 0) is 14.3 Å².